The lowest BCUT2D eigenvalue weighted by molar-refractivity contribution is -0.127. The maximum atomic E-state index is 16.1. The van der Waals surface area contributed by atoms with Crippen LogP contribution in [-0.2, 0) is 33.6 Å². The number of carbonyl (C=O) groups is 1. The van der Waals surface area contributed by atoms with Crippen LogP contribution in [0.4, 0.5) is 5.82 Å². The topological polar surface area (TPSA) is 155 Å². The largest absolute Gasteiger partial charge is 0.497 e. The Kier molecular flexibility index (Phi) is 19.4. The Bertz CT molecular complexity index is 2900. The maximum absolute atomic E-state index is 16.1. The van der Waals surface area contributed by atoms with Crippen LogP contribution in [0, 0.1) is 0 Å². The molecule has 0 radical (unpaired) electrons. The molecule has 14 nitrogen and oxygen atoms in total. The molecule has 77 heavy (non-hydrogen) atoms. The first-order valence-electron chi connectivity index (χ1n) is 26.0. The fourth-order valence-corrected chi connectivity index (χ4v) is 15.4. The molecule has 1 aromatic heterocycles. The number of rotatable bonds is 26. The van der Waals surface area contributed by atoms with Gasteiger partial charge in [-0.25, -0.2) is 9.46 Å². The number of carbonyl (C=O) groups excluding carboxylic acids is 1. The summed E-state index contributed by atoms with van der Waals surface area (Å²) in [7, 11) is 0.390. The van der Waals surface area contributed by atoms with Crippen molar-refractivity contribution in [3.05, 3.63) is 215 Å². The summed E-state index contributed by atoms with van der Waals surface area (Å²) in [6, 6.07) is 57.3. The summed E-state index contributed by atoms with van der Waals surface area (Å²) in [4.78, 5) is 34.3. The summed E-state index contributed by atoms with van der Waals surface area (Å²) in [6.45, 7) is 11.4. The zero-order valence-electron chi connectivity index (χ0n) is 45.1. The van der Waals surface area contributed by atoms with E-state index in [-0.39, 0.29) is 31.1 Å². The quantitative estimate of drug-likeness (QED) is 0.0180. The van der Waals surface area contributed by atoms with Crippen molar-refractivity contribution >= 4 is 38.6 Å². The van der Waals surface area contributed by atoms with E-state index in [9.17, 15) is 4.79 Å². The zero-order valence-corrected chi connectivity index (χ0v) is 47.0. The van der Waals surface area contributed by atoms with Gasteiger partial charge in [0.1, 0.15) is 49.3 Å². The van der Waals surface area contributed by atoms with Crippen LogP contribution in [0.1, 0.15) is 61.0 Å². The van der Waals surface area contributed by atoms with Crippen LogP contribution in [-0.4, -0.2) is 106 Å². The molecule has 16 heteroatoms. The predicted molar refractivity (Wildman–Crippen MR) is 305 cm³/mol. The number of aromatic nitrogens is 2. The highest BCUT2D eigenvalue weighted by Crippen LogP contribution is 2.53. The summed E-state index contributed by atoms with van der Waals surface area (Å²) in [5.74, 6) is 0.869. The summed E-state index contributed by atoms with van der Waals surface area (Å²) in [5.41, 5.74) is 6.32. The normalized spacial score (nSPS) is 17.6. The molecule has 2 unspecified atom stereocenters. The number of nitrogens with zero attached hydrogens (tertiary/aromatic N) is 3. The van der Waals surface area contributed by atoms with Gasteiger partial charge in [0.15, 0.2) is 18.1 Å². The van der Waals surface area contributed by atoms with Crippen molar-refractivity contribution in [2.24, 2.45) is 0 Å². The lowest BCUT2D eigenvalue weighted by atomic mass is 9.79. The smallest absolute Gasteiger partial charge is 0.351 e. The second-order valence-electron chi connectivity index (χ2n) is 19.7. The highest BCUT2D eigenvalue weighted by molar-refractivity contribution is 7.44. The fraction of sp³-hybridized carbons (Fsp3) is 0.328. The lowest BCUT2D eigenvalue weighted by Crippen LogP contribution is -2.56. The van der Waals surface area contributed by atoms with E-state index in [4.69, 9.17) is 43.2 Å². The number of nitrogen functional groups attached to an aromatic ring is 1. The van der Waals surface area contributed by atoms with Gasteiger partial charge in [-0.05, 0) is 80.8 Å². The van der Waals surface area contributed by atoms with Crippen molar-refractivity contribution in [1.82, 2.24) is 14.2 Å². The number of anilines is 1. The molecule has 1 aliphatic heterocycles. The first-order valence-corrected chi connectivity index (χ1v) is 29.9. The molecule has 1 aliphatic rings. The van der Waals surface area contributed by atoms with Gasteiger partial charge in [0.25, 0.3) is 8.53 Å². The molecule has 6 aromatic carbocycles. The molecule has 2 N–H and O–H groups in total. The Morgan fingerprint density at radius 1 is 0.688 bits per heavy atom. The van der Waals surface area contributed by atoms with Crippen LogP contribution in [0.15, 0.2) is 187 Å². The highest BCUT2D eigenvalue weighted by Gasteiger charge is 2.57. The standard InChI is InChI=1S/C61H71N4O10PSi/c1-43(2)65(44(3)4)76(72-41-42-77(8,51-25-17-11-18-26-51)52-27-19-12-20-28-52)75-57-56(73-59(58(57)71-40-39-68-5)64-38-37-53(62)63-60(64)67)55(54(66)45-21-13-9-14-22-45)74-61(46-23-15-10-16-24-46,47-29-33-49(69-6)34-30-47)48-31-35-50(70-7)36-32-48/h9-38,43-44,55-59H,39-42H2,1-8H3,(H2,62,63,67)/t55?,56-,57-,58-,59-,76?/m1/s1. The molecule has 0 spiro atoms. The van der Waals surface area contributed by atoms with Crippen LogP contribution < -0.4 is 31.3 Å². The number of nitrogens with two attached hydrogens (primary N) is 1. The third-order valence-electron chi connectivity index (χ3n) is 14.1. The van der Waals surface area contributed by atoms with Gasteiger partial charge in [0.05, 0.1) is 34.0 Å². The van der Waals surface area contributed by atoms with Crippen molar-refractivity contribution in [1.29, 1.82) is 0 Å². The number of Topliss-reactive ketones (excluding diaryl/α,β-unsaturated/α-hetero) is 1. The van der Waals surface area contributed by atoms with Gasteiger partial charge < -0.3 is 43.2 Å². The van der Waals surface area contributed by atoms with Crippen LogP contribution in [0.3, 0.4) is 0 Å². The summed E-state index contributed by atoms with van der Waals surface area (Å²) >= 11 is 0. The SMILES string of the molecule is COCCO[C@@H]1[C@H](OP(OCC[Si](C)(c2ccccc2)c2ccccc2)N(C(C)C)C(C)C)[C@@H](C(OC(c2ccccc2)(c2ccc(OC)cc2)c2ccc(OC)cc2)C(=O)c2ccccc2)O[C@H]1n1ccc(N)nc1=O. The van der Waals surface area contributed by atoms with Crippen LogP contribution in [0.25, 0.3) is 0 Å². The van der Waals surface area contributed by atoms with E-state index in [2.05, 4.69) is 92.4 Å². The van der Waals surface area contributed by atoms with E-state index in [0.29, 0.717) is 40.4 Å². The van der Waals surface area contributed by atoms with Crippen molar-refractivity contribution < 1.29 is 42.3 Å². The Hall–Kier alpha value is -6.36. The minimum absolute atomic E-state index is 0.0283. The van der Waals surface area contributed by atoms with E-state index in [1.165, 1.54) is 27.2 Å². The first-order chi connectivity index (χ1) is 37.3. The number of ether oxygens (including phenoxy) is 6. The summed E-state index contributed by atoms with van der Waals surface area (Å²) in [5, 5.41) is 2.56. The lowest BCUT2D eigenvalue weighted by Gasteiger charge is -2.42. The maximum Gasteiger partial charge on any atom is 0.351 e. The number of benzene rings is 6. The molecular formula is C61H71N4O10PSi. The molecule has 6 atom stereocenters. The number of hydrogen-bond acceptors (Lipinski definition) is 13. The van der Waals surface area contributed by atoms with Crippen molar-refractivity contribution in [3.63, 3.8) is 0 Å². The predicted octanol–water partition coefficient (Wildman–Crippen LogP) is 9.67. The van der Waals surface area contributed by atoms with Gasteiger partial charge >= 0.3 is 5.69 Å². The molecule has 0 bridgehead atoms. The molecule has 7 aromatic rings. The molecule has 0 aliphatic carbocycles. The third-order valence-corrected chi connectivity index (χ3v) is 20.7. The first kappa shape index (κ1) is 56.8. The Labute approximate surface area is 455 Å². The molecule has 8 rings (SSSR count). The number of hydrogen-bond donors (Lipinski definition) is 1. The molecular weight excluding hydrogens is 1010 g/mol. The Morgan fingerprint density at radius 3 is 1.69 bits per heavy atom. The second-order valence-corrected chi connectivity index (χ2v) is 25.4. The van der Waals surface area contributed by atoms with Gasteiger partial charge in [-0.3, -0.25) is 9.36 Å². The van der Waals surface area contributed by atoms with E-state index in [1.54, 1.807) is 33.5 Å². The van der Waals surface area contributed by atoms with E-state index >= 15 is 4.79 Å². The number of methoxy groups -OCH3 is 3. The second kappa shape index (κ2) is 26.3. The van der Waals surface area contributed by atoms with Gasteiger partial charge in [0.2, 0.25) is 0 Å². The van der Waals surface area contributed by atoms with Crippen LogP contribution in [0.2, 0.25) is 12.6 Å². The van der Waals surface area contributed by atoms with E-state index < -0.39 is 64.3 Å². The average Bonchev–Trinajstić information content (AvgIpc) is 3.83. The highest BCUT2D eigenvalue weighted by atomic mass is 31.2. The molecule has 1 fully saturated rings. The number of ketones is 1. The van der Waals surface area contributed by atoms with Crippen molar-refractivity contribution in [2.45, 2.75) is 88.6 Å². The van der Waals surface area contributed by atoms with Gasteiger partial charge in [-0.1, -0.05) is 163 Å². The minimum Gasteiger partial charge on any atom is -0.497 e. The van der Waals surface area contributed by atoms with Gasteiger partial charge in [0, 0.05) is 31.0 Å². The summed E-state index contributed by atoms with van der Waals surface area (Å²) in [6.07, 6.45) is -4.72. The molecule has 0 amide bonds. The van der Waals surface area contributed by atoms with E-state index in [0.717, 1.165) is 6.04 Å². The van der Waals surface area contributed by atoms with E-state index in [1.807, 2.05) is 109 Å². The van der Waals surface area contributed by atoms with Gasteiger partial charge in [-0.15, -0.1) is 0 Å². The Morgan fingerprint density at radius 2 is 1.19 bits per heavy atom. The fourth-order valence-electron chi connectivity index (χ4n) is 10.2. The molecule has 0 saturated carbocycles. The minimum atomic E-state index is -2.41. The third kappa shape index (κ3) is 12.8. The van der Waals surface area contributed by atoms with Crippen LogP contribution >= 0.6 is 8.53 Å². The Balaban J connectivity index is 1.34. The summed E-state index contributed by atoms with van der Waals surface area (Å²) < 4.78 is 57.3. The van der Waals surface area contributed by atoms with Crippen molar-refractivity contribution in [2.75, 3.05) is 46.9 Å². The van der Waals surface area contributed by atoms with Crippen LogP contribution in [0.5, 0.6) is 11.5 Å². The molecule has 1 saturated heterocycles. The van der Waals surface area contributed by atoms with Crippen molar-refractivity contribution in [3.8, 4) is 11.5 Å². The molecule has 404 valence electrons. The zero-order chi connectivity index (χ0) is 54.5. The molecule has 2 heterocycles. The average molecular weight is 1080 g/mol. The van der Waals surface area contributed by atoms with Gasteiger partial charge in [-0.2, -0.15) is 4.98 Å². The monoisotopic (exact) mass is 1080 g/mol.